The number of aromatic nitrogens is 1. The minimum Gasteiger partial charge on any atom is -0.481 e. The van der Waals surface area contributed by atoms with E-state index in [9.17, 15) is 17.6 Å². The molecule has 0 aliphatic heterocycles. The number of nitrogens with one attached hydrogen (secondary N) is 1. The summed E-state index contributed by atoms with van der Waals surface area (Å²) in [6.07, 6.45) is 1.28. The van der Waals surface area contributed by atoms with Crippen molar-refractivity contribution in [2.45, 2.75) is 38.0 Å². The Bertz CT molecular complexity index is 1310. The van der Waals surface area contributed by atoms with Crippen molar-refractivity contribution in [2.75, 3.05) is 7.11 Å². The fourth-order valence-electron chi connectivity index (χ4n) is 3.63. The van der Waals surface area contributed by atoms with Crippen molar-refractivity contribution in [1.82, 2.24) is 9.71 Å². The molecule has 3 rings (SSSR count). The summed E-state index contributed by atoms with van der Waals surface area (Å²) in [7, 11) is -2.61. The molecule has 9 heteroatoms. The van der Waals surface area contributed by atoms with Gasteiger partial charge in [0.1, 0.15) is 5.82 Å². The van der Waals surface area contributed by atoms with Crippen LogP contribution in [0.25, 0.3) is 11.1 Å². The first-order valence-electron chi connectivity index (χ1n) is 10.2. The smallest absolute Gasteiger partial charge is 0.264 e. The van der Waals surface area contributed by atoms with Gasteiger partial charge < -0.3 is 4.74 Å². The molecule has 0 spiro atoms. The Morgan fingerprint density at radius 1 is 1.18 bits per heavy atom. The van der Waals surface area contributed by atoms with Crippen LogP contribution in [0.1, 0.15) is 36.5 Å². The fourth-order valence-corrected chi connectivity index (χ4v) is 5.32. The van der Waals surface area contributed by atoms with Crippen molar-refractivity contribution >= 4 is 31.9 Å². The van der Waals surface area contributed by atoms with Gasteiger partial charge in [0, 0.05) is 16.7 Å². The number of sulfonamides is 1. The third-order valence-electron chi connectivity index (χ3n) is 5.14. The number of hydrogen-bond acceptors (Lipinski definition) is 5. The zero-order chi connectivity index (χ0) is 24.3. The van der Waals surface area contributed by atoms with Crippen LogP contribution in [0, 0.1) is 12.7 Å². The average molecular weight is 535 g/mol. The molecular formula is C24H24BrFN2O4S. The molecule has 0 aliphatic carbocycles. The molecule has 0 radical (unpaired) electrons. The van der Waals surface area contributed by atoms with E-state index in [1.165, 1.54) is 31.5 Å². The summed E-state index contributed by atoms with van der Waals surface area (Å²) in [5.41, 5.74) is 2.75. The standard InChI is InChI=1S/C24H24BrFN2O4S/c1-14(2)19-11-18(26)12-20(16-7-8-27-24(10-16)32-4)21(19)13-23(29)28-33(30,31)22-6-5-17(25)9-15(22)3/h5-12,14H,13H2,1-4H3,(H,28,29). The Morgan fingerprint density at radius 2 is 1.91 bits per heavy atom. The van der Waals surface area contributed by atoms with Crippen LogP contribution >= 0.6 is 15.9 Å². The lowest BCUT2D eigenvalue weighted by atomic mass is 9.88. The number of carbonyl (C=O) groups is 1. The lowest BCUT2D eigenvalue weighted by Crippen LogP contribution is -2.32. The minimum atomic E-state index is -4.08. The number of hydrogen-bond donors (Lipinski definition) is 1. The number of methoxy groups -OCH3 is 1. The van der Waals surface area contributed by atoms with Crippen LogP contribution in [-0.4, -0.2) is 26.4 Å². The number of amides is 1. The van der Waals surface area contributed by atoms with Crippen molar-refractivity contribution in [3.8, 4) is 17.0 Å². The summed E-state index contributed by atoms with van der Waals surface area (Å²) >= 11 is 3.30. The SMILES string of the molecule is COc1cc(-c2cc(F)cc(C(C)C)c2CC(=O)NS(=O)(=O)c2ccc(Br)cc2C)ccn1. The molecule has 6 nitrogen and oxygen atoms in total. The Labute approximate surface area is 201 Å². The van der Waals surface area contributed by atoms with Crippen LogP contribution in [0.4, 0.5) is 4.39 Å². The maximum absolute atomic E-state index is 14.5. The first-order chi connectivity index (χ1) is 15.5. The summed E-state index contributed by atoms with van der Waals surface area (Å²) < 4.78 is 48.2. The molecule has 1 amide bonds. The second kappa shape index (κ2) is 10.0. The normalized spacial score (nSPS) is 11.5. The Morgan fingerprint density at radius 3 is 2.55 bits per heavy atom. The Balaban J connectivity index is 2.02. The number of nitrogens with zero attached hydrogens (tertiary/aromatic N) is 1. The van der Waals surface area contributed by atoms with E-state index < -0.39 is 21.7 Å². The third-order valence-corrected chi connectivity index (χ3v) is 7.16. The molecule has 0 atom stereocenters. The molecular weight excluding hydrogens is 511 g/mol. The van der Waals surface area contributed by atoms with Crippen LogP contribution in [-0.2, 0) is 21.2 Å². The number of carbonyl (C=O) groups excluding carboxylic acids is 1. The van der Waals surface area contributed by atoms with Gasteiger partial charge in [0.2, 0.25) is 11.8 Å². The van der Waals surface area contributed by atoms with Crippen LogP contribution < -0.4 is 9.46 Å². The maximum Gasteiger partial charge on any atom is 0.264 e. The largest absolute Gasteiger partial charge is 0.481 e. The lowest BCUT2D eigenvalue weighted by Gasteiger charge is -2.18. The van der Waals surface area contributed by atoms with Crippen molar-refractivity contribution in [3.05, 3.63) is 75.6 Å². The van der Waals surface area contributed by atoms with E-state index in [0.717, 1.165) is 4.47 Å². The monoisotopic (exact) mass is 534 g/mol. The zero-order valence-corrected chi connectivity index (χ0v) is 21.1. The summed E-state index contributed by atoms with van der Waals surface area (Å²) in [4.78, 5) is 17.0. The molecule has 0 unspecified atom stereocenters. The fraction of sp³-hybridized carbons (Fsp3) is 0.250. The van der Waals surface area contributed by atoms with E-state index in [4.69, 9.17) is 4.74 Å². The van der Waals surface area contributed by atoms with Gasteiger partial charge in [0.15, 0.2) is 0 Å². The first kappa shape index (κ1) is 24.9. The van der Waals surface area contributed by atoms with Gasteiger partial charge in [-0.25, -0.2) is 22.5 Å². The molecule has 1 aromatic heterocycles. The second-order valence-electron chi connectivity index (χ2n) is 7.88. The summed E-state index contributed by atoms with van der Waals surface area (Å²) in [5.74, 6) is -0.928. The summed E-state index contributed by atoms with van der Waals surface area (Å²) in [6.45, 7) is 5.42. The topological polar surface area (TPSA) is 85.4 Å². The molecule has 2 aromatic carbocycles. The Hall–Kier alpha value is -2.78. The van der Waals surface area contributed by atoms with Gasteiger partial charge in [-0.2, -0.15) is 0 Å². The van der Waals surface area contributed by atoms with Crippen LogP contribution in [0.5, 0.6) is 5.88 Å². The quantitative estimate of drug-likeness (QED) is 0.453. The predicted molar refractivity (Wildman–Crippen MR) is 128 cm³/mol. The van der Waals surface area contributed by atoms with E-state index in [1.807, 2.05) is 13.8 Å². The zero-order valence-electron chi connectivity index (χ0n) is 18.6. The van der Waals surface area contributed by atoms with E-state index in [2.05, 4.69) is 25.6 Å². The highest BCUT2D eigenvalue weighted by atomic mass is 79.9. The van der Waals surface area contributed by atoms with E-state index in [-0.39, 0.29) is 17.2 Å². The highest BCUT2D eigenvalue weighted by molar-refractivity contribution is 9.10. The molecule has 33 heavy (non-hydrogen) atoms. The van der Waals surface area contributed by atoms with E-state index in [1.54, 1.807) is 31.2 Å². The number of halogens is 2. The average Bonchev–Trinajstić information content (AvgIpc) is 2.73. The van der Waals surface area contributed by atoms with Gasteiger partial charge in [-0.15, -0.1) is 0 Å². The molecule has 1 N–H and O–H groups in total. The third kappa shape index (κ3) is 5.78. The number of pyridine rings is 1. The molecule has 0 bridgehead atoms. The molecule has 0 fully saturated rings. The van der Waals surface area contributed by atoms with Gasteiger partial charge in [-0.05, 0) is 77.1 Å². The van der Waals surface area contributed by atoms with Crippen LogP contribution in [0.15, 0.2) is 58.0 Å². The number of benzene rings is 2. The van der Waals surface area contributed by atoms with Gasteiger partial charge in [-0.1, -0.05) is 29.8 Å². The van der Waals surface area contributed by atoms with E-state index in [0.29, 0.717) is 33.7 Å². The van der Waals surface area contributed by atoms with Crippen LogP contribution in [0.2, 0.25) is 0 Å². The first-order valence-corrected chi connectivity index (χ1v) is 12.4. The predicted octanol–water partition coefficient (Wildman–Crippen LogP) is 5.14. The molecule has 0 saturated carbocycles. The molecule has 3 aromatic rings. The van der Waals surface area contributed by atoms with Crippen LogP contribution in [0.3, 0.4) is 0 Å². The second-order valence-corrected chi connectivity index (χ2v) is 10.4. The lowest BCUT2D eigenvalue weighted by molar-refractivity contribution is -0.118. The van der Waals surface area contributed by atoms with E-state index >= 15 is 0 Å². The number of ether oxygens (including phenoxy) is 1. The summed E-state index contributed by atoms with van der Waals surface area (Å²) in [5, 5.41) is 0. The van der Waals surface area contributed by atoms with Crippen molar-refractivity contribution < 1.29 is 22.3 Å². The maximum atomic E-state index is 14.5. The highest BCUT2D eigenvalue weighted by Crippen LogP contribution is 2.33. The van der Waals surface area contributed by atoms with Crippen molar-refractivity contribution in [2.24, 2.45) is 0 Å². The number of rotatable bonds is 7. The van der Waals surface area contributed by atoms with Crippen molar-refractivity contribution in [3.63, 3.8) is 0 Å². The molecule has 1 heterocycles. The minimum absolute atomic E-state index is 0.0151. The number of aryl methyl sites for hydroxylation is 1. The van der Waals surface area contributed by atoms with Gasteiger partial charge in [-0.3, -0.25) is 4.79 Å². The van der Waals surface area contributed by atoms with Crippen molar-refractivity contribution in [1.29, 1.82) is 0 Å². The highest BCUT2D eigenvalue weighted by Gasteiger charge is 2.23. The van der Waals surface area contributed by atoms with Gasteiger partial charge in [0.05, 0.1) is 18.4 Å². The van der Waals surface area contributed by atoms with Gasteiger partial charge >= 0.3 is 0 Å². The summed E-state index contributed by atoms with van der Waals surface area (Å²) in [6, 6.07) is 10.7. The van der Waals surface area contributed by atoms with Gasteiger partial charge in [0.25, 0.3) is 10.0 Å². The molecule has 0 aliphatic rings. The molecule has 0 saturated heterocycles. The Kier molecular flexibility index (Phi) is 7.54. The molecule has 174 valence electrons.